The van der Waals surface area contributed by atoms with Gasteiger partial charge < -0.3 is 9.47 Å². The second-order valence-corrected chi connectivity index (χ2v) is 5.03. The third-order valence-corrected chi connectivity index (χ3v) is 2.89. The molecular formula is C15H20N4O2. The molecule has 112 valence electrons. The van der Waals surface area contributed by atoms with E-state index in [0.29, 0.717) is 18.3 Å². The molecule has 0 saturated carbocycles. The number of methoxy groups -OCH3 is 1. The van der Waals surface area contributed by atoms with Gasteiger partial charge in [0, 0.05) is 0 Å². The molecule has 1 heterocycles. The number of aromatic nitrogens is 3. The number of hydrogen-bond donors (Lipinski definition) is 0. The zero-order valence-electron chi connectivity index (χ0n) is 12.6. The molecule has 0 spiro atoms. The molecule has 1 aromatic heterocycles. The molecule has 0 N–H and O–H groups in total. The van der Waals surface area contributed by atoms with E-state index in [1.165, 1.54) is 17.3 Å². The first kappa shape index (κ1) is 15.0. The van der Waals surface area contributed by atoms with Crippen molar-refractivity contribution in [3.63, 3.8) is 0 Å². The number of benzene rings is 1. The summed E-state index contributed by atoms with van der Waals surface area (Å²) in [7, 11) is 1.63. The molecule has 2 aromatic rings. The summed E-state index contributed by atoms with van der Waals surface area (Å²) in [6.45, 7) is 5.03. The molecule has 0 bridgehead atoms. The molecule has 0 atom stereocenters. The number of rotatable bonds is 7. The van der Waals surface area contributed by atoms with E-state index < -0.39 is 0 Å². The summed E-state index contributed by atoms with van der Waals surface area (Å²) < 4.78 is 12.6. The maximum absolute atomic E-state index is 5.75. The highest BCUT2D eigenvalue weighted by Gasteiger charge is 2.05. The molecule has 0 saturated heterocycles. The average molecular weight is 288 g/mol. The fraction of sp³-hybridized carbons (Fsp3) is 0.400. The molecule has 0 aliphatic heterocycles. The molecule has 1 aromatic carbocycles. The predicted octanol–water partition coefficient (Wildman–Crippen LogP) is 2.59. The van der Waals surface area contributed by atoms with Crippen molar-refractivity contribution < 1.29 is 9.47 Å². The van der Waals surface area contributed by atoms with Crippen LogP contribution in [0.15, 0.2) is 36.0 Å². The van der Waals surface area contributed by atoms with Gasteiger partial charge in [-0.1, -0.05) is 13.8 Å². The highest BCUT2D eigenvalue weighted by molar-refractivity contribution is 5.80. The van der Waals surface area contributed by atoms with Gasteiger partial charge in [-0.15, -0.1) is 10.2 Å². The SMILES string of the molecule is COc1cc(/C=N\n2cnnc2)ccc1OCCC(C)C. The molecule has 21 heavy (non-hydrogen) atoms. The van der Waals surface area contributed by atoms with E-state index in [1.807, 2.05) is 18.2 Å². The van der Waals surface area contributed by atoms with Crippen molar-refractivity contribution in [1.29, 1.82) is 0 Å². The van der Waals surface area contributed by atoms with Crippen molar-refractivity contribution in [1.82, 2.24) is 14.9 Å². The Morgan fingerprint density at radius 3 is 2.67 bits per heavy atom. The van der Waals surface area contributed by atoms with Crippen LogP contribution in [0.2, 0.25) is 0 Å². The van der Waals surface area contributed by atoms with E-state index in [1.54, 1.807) is 13.3 Å². The van der Waals surface area contributed by atoms with Gasteiger partial charge in [0.25, 0.3) is 0 Å². The highest BCUT2D eigenvalue weighted by atomic mass is 16.5. The van der Waals surface area contributed by atoms with E-state index in [0.717, 1.165) is 17.7 Å². The summed E-state index contributed by atoms with van der Waals surface area (Å²) >= 11 is 0. The first-order valence-electron chi connectivity index (χ1n) is 6.89. The Bertz CT molecular complexity index is 579. The van der Waals surface area contributed by atoms with Crippen LogP contribution in [0.5, 0.6) is 11.5 Å². The fourth-order valence-corrected chi connectivity index (χ4v) is 1.68. The van der Waals surface area contributed by atoms with Crippen LogP contribution < -0.4 is 9.47 Å². The highest BCUT2D eigenvalue weighted by Crippen LogP contribution is 2.27. The third kappa shape index (κ3) is 4.59. The Hall–Kier alpha value is -2.37. The first-order valence-corrected chi connectivity index (χ1v) is 6.89. The predicted molar refractivity (Wildman–Crippen MR) is 81.0 cm³/mol. The molecule has 0 amide bonds. The van der Waals surface area contributed by atoms with Crippen LogP contribution >= 0.6 is 0 Å². The van der Waals surface area contributed by atoms with Gasteiger partial charge in [-0.05, 0) is 36.1 Å². The van der Waals surface area contributed by atoms with E-state index in [-0.39, 0.29) is 0 Å². The van der Waals surface area contributed by atoms with E-state index in [2.05, 4.69) is 29.1 Å². The molecule has 0 unspecified atom stereocenters. The van der Waals surface area contributed by atoms with Crippen molar-refractivity contribution in [3.8, 4) is 11.5 Å². The lowest BCUT2D eigenvalue weighted by Gasteiger charge is -2.12. The van der Waals surface area contributed by atoms with Crippen molar-refractivity contribution in [2.75, 3.05) is 13.7 Å². The van der Waals surface area contributed by atoms with Gasteiger partial charge in [0.1, 0.15) is 12.7 Å². The molecule has 0 radical (unpaired) electrons. The summed E-state index contributed by atoms with van der Waals surface area (Å²) in [5, 5.41) is 11.6. The van der Waals surface area contributed by atoms with E-state index in [4.69, 9.17) is 9.47 Å². The smallest absolute Gasteiger partial charge is 0.161 e. The van der Waals surface area contributed by atoms with Gasteiger partial charge in [-0.2, -0.15) is 5.10 Å². The summed E-state index contributed by atoms with van der Waals surface area (Å²) in [4.78, 5) is 0. The van der Waals surface area contributed by atoms with E-state index >= 15 is 0 Å². The summed E-state index contributed by atoms with van der Waals surface area (Å²) in [6, 6.07) is 5.71. The van der Waals surface area contributed by atoms with Crippen LogP contribution in [0, 0.1) is 5.92 Å². The van der Waals surface area contributed by atoms with Crippen LogP contribution in [0.25, 0.3) is 0 Å². The summed E-state index contributed by atoms with van der Waals surface area (Å²) in [5.74, 6) is 2.07. The molecular weight excluding hydrogens is 268 g/mol. The maximum Gasteiger partial charge on any atom is 0.161 e. The molecule has 0 fully saturated rings. The summed E-state index contributed by atoms with van der Waals surface area (Å²) in [5.41, 5.74) is 0.914. The molecule has 2 rings (SSSR count). The Morgan fingerprint density at radius 2 is 2.00 bits per heavy atom. The standard InChI is InChI=1S/C15H20N4O2/c1-12(2)6-7-21-14-5-4-13(8-15(14)20-3)9-18-19-10-16-17-11-19/h4-5,8-12H,6-7H2,1-3H3/b18-9-. The average Bonchev–Trinajstić information content (AvgIpc) is 2.99. The Morgan fingerprint density at radius 1 is 1.24 bits per heavy atom. The molecule has 0 aliphatic carbocycles. The molecule has 6 heteroatoms. The van der Waals surface area contributed by atoms with Gasteiger partial charge in [-0.3, -0.25) is 0 Å². The quantitative estimate of drug-likeness (QED) is 0.735. The number of nitrogens with zero attached hydrogens (tertiary/aromatic N) is 4. The van der Waals surface area contributed by atoms with Crippen molar-refractivity contribution in [3.05, 3.63) is 36.4 Å². The van der Waals surface area contributed by atoms with Crippen LogP contribution in [-0.4, -0.2) is 34.8 Å². The van der Waals surface area contributed by atoms with Crippen molar-refractivity contribution in [2.45, 2.75) is 20.3 Å². The van der Waals surface area contributed by atoms with Crippen molar-refractivity contribution >= 4 is 6.21 Å². The second-order valence-electron chi connectivity index (χ2n) is 5.03. The lowest BCUT2D eigenvalue weighted by Crippen LogP contribution is -2.03. The lowest BCUT2D eigenvalue weighted by atomic mass is 10.1. The Kier molecular flexibility index (Phi) is 5.31. The second kappa shape index (κ2) is 7.42. The minimum atomic E-state index is 0.617. The number of ether oxygens (including phenoxy) is 2. The van der Waals surface area contributed by atoms with Crippen LogP contribution in [0.1, 0.15) is 25.8 Å². The van der Waals surface area contributed by atoms with Gasteiger partial charge in [0.2, 0.25) is 0 Å². The zero-order valence-corrected chi connectivity index (χ0v) is 12.6. The largest absolute Gasteiger partial charge is 0.493 e. The van der Waals surface area contributed by atoms with E-state index in [9.17, 15) is 0 Å². The van der Waals surface area contributed by atoms with Gasteiger partial charge in [-0.25, -0.2) is 4.68 Å². The monoisotopic (exact) mass is 288 g/mol. The lowest BCUT2D eigenvalue weighted by molar-refractivity contribution is 0.273. The van der Waals surface area contributed by atoms with Gasteiger partial charge in [0.15, 0.2) is 11.5 Å². The Labute approximate surface area is 124 Å². The van der Waals surface area contributed by atoms with Crippen LogP contribution in [-0.2, 0) is 0 Å². The Balaban J connectivity index is 2.05. The summed E-state index contributed by atoms with van der Waals surface area (Å²) in [6.07, 6.45) is 5.78. The molecule has 6 nitrogen and oxygen atoms in total. The van der Waals surface area contributed by atoms with Crippen LogP contribution in [0.3, 0.4) is 0 Å². The maximum atomic E-state index is 5.75. The number of hydrogen-bond acceptors (Lipinski definition) is 5. The minimum Gasteiger partial charge on any atom is -0.493 e. The first-order chi connectivity index (χ1) is 10.2. The topological polar surface area (TPSA) is 61.5 Å². The minimum absolute atomic E-state index is 0.617. The normalized spacial score (nSPS) is 11.2. The fourth-order valence-electron chi connectivity index (χ4n) is 1.68. The van der Waals surface area contributed by atoms with Crippen molar-refractivity contribution in [2.24, 2.45) is 11.0 Å². The van der Waals surface area contributed by atoms with Crippen LogP contribution in [0.4, 0.5) is 0 Å². The zero-order chi connectivity index (χ0) is 15.1. The third-order valence-electron chi connectivity index (χ3n) is 2.89. The molecule has 0 aliphatic rings. The van der Waals surface area contributed by atoms with Gasteiger partial charge in [0.05, 0.1) is 19.9 Å². The van der Waals surface area contributed by atoms with Gasteiger partial charge >= 0.3 is 0 Å².